The van der Waals surface area contributed by atoms with E-state index in [4.69, 9.17) is 32.7 Å². The van der Waals surface area contributed by atoms with Crippen molar-refractivity contribution in [2.24, 2.45) is 0 Å². The van der Waals surface area contributed by atoms with Crippen molar-refractivity contribution in [2.75, 3.05) is 13.2 Å². The second-order valence-corrected chi connectivity index (χ2v) is 8.99. The Bertz CT molecular complexity index is 1340. The first-order chi connectivity index (χ1) is 15.7. The van der Waals surface area contributed by atoms with Gasteiger partial charge in [-0.3, -0.25) is 0 Å². The first kappa shape index (κ1) is 19.7. The Kier molecular flexibility index (Phi) is 4.86. The van der Waals surface area contributed by atoms with E-state index in [1.165, 1.54) is 0 Å². The van der Waals surface area contributed by atoms with E-state index in [0.717, 1.165) is 78.2 Å². The highest BCUT2D eigenvalue weighted by molar-refractivity contribution is 6.51. The van der Waals surface area contributed by atoms with Crippen molar-refractivity contribution in [1.29, 1.82) is 0 Å². The van der Waals surface area contributed by atoms with Crippen molar-refractivity contribution in [3.05, 3.63) is 95.1 Å². The van der Waals surface area contributed by atoms with Crippen molar-refractivity contribution in [3.8, 4) is 11.5 Å². The molecule has 0 radical (unpaired) electrons. The summed E-state index contributed by atoms with van der Waals surface area (Å²) in [4.78, 5) is 0. The minimum absolute atomic E-state index is 0.495. The van der Waals surface area contributed by atoms with Crippen LogP contribution in [0.4, 0.5) is 0 Å². The monoisotopic (exact) mass is 458 g/mol. The van der Waals surface area contributed by atoms with Gasteiger partial charge in [0.1, 0.15) is 24.7 Å². The maximum Gasteiger partial charge on any atom is 0.129 e. The van der Waals surface area contributed by atoms with Crippen molar-refractivity contribution in [1.82, 2.24) is 0 Å². The predicted molar refractivity (Wildman–Crippen MR) is 134 cm³/mol. The normalized spacial score (nSPS) is 15.4. The topological polar surface area (TPSA) is 18.5 Å². The third-order valence-electron chi connectivity index (χ3n) is 6.37. The number of hydrogen-bond donors (Lipinski definition) is 0. The van der Waals surface area contributed by atoms with Gasteiger partial charge >= 0.3 is 0 Å². The molecule has 0 spiro atoms. The van der Waals surface area contributed by atoms with Crippen LogP contribution in [0.25, 0.3) is 31.6 Å². The second kappa shape index (κ2) is 7.88. The predicted octanol–water partition coefficient (Wildman–Crippen LogP) is 8.16. The van der Waals surface area contributed by atoms with Crippen LogP contribution >= 0.6 is 23.2 Å². The van der Waals surface area contributed by atoms with Crippen LogP contribution in [-0.2, 0) is 0 Å². The molecule has 4 heteroatoms. The summed E-state index contributed by atoms with van der Waals surface area (Å²) in [6.45, 7) is 0.991. The molecule has 158 valence electrons. The molecule has 0 unspecified atom stereocenters. The van der Waals surface area contributed by atoms with E-state index in [0.29, 0.717) is 13.2 Å². The minimum atomic E-state index is 0.495. The van der Waals surface area contributed by atoms with E-state index >= 15 is 0 Å². The Morgan fingerprint density at radius 1 is 0.562 bits per heavy atom. The molecule has 6 rings (SSSR count). The highest BCUT2D eigenvalue weighted by Gasteiger charge is 2.24. The smallest absolute Gasteiger partial charge is 0.129 e. The van der Waals surface area contributed by atoms with E-state index in [1.807, 2.05) is 36.4 Å². The summed E-state index contributed by atoms with van der Waals surface area (Å²) >= 11 is 13.8. The van der Waals surface area contributed by atoms with Crippen LogP contribution in [0.15, 0.2) is 83.9 Å². The van der Waals surface area contributed by atoms with E-state index in [1.54, 1.807) is 0 Å². The number of rotatable bonds is 3. The van der Waals surface area contributed by atoms with Gasteiger partial charge in [0.25, 0.3) is 0 Å². The van der Waals surface area contributed by atoms with Gasteiger partial charge in [0.15, 0.2) is 0 Å². The zero-order valence-corrected chi connectivity index (χ0v) is 18.8. The molecular weight excluding hydrogens is 439 g/mol. The lowest BCUT2D eigenvalue weighted by Crippen LogP contribution is -2.13. The second-order valence-electron chi connectivity index (χ2n) is 8.23. The van der Waals surface area contributed by atoms with Gasteiger partial charge in [0, 0.05) is 11.1 Å². The standard InChI is InChI=1S/C28H20Cl2O2/c29-27-19(15-31-23-13-11-17-5-1-3-7-21(17)25(23)27)9-10-20-16-32-24-14-12-18-6-2-4-8-22(18)26(24)28(20)30/h1-8,11-14H,9-10,15-16H2. The molecule has 2 aliphatic heterocycles. The summed E-state index contributed by atoms with van der Waals surface area (Å²) in [6.07, 6.45) is 1.55. The molecule has 0 aromatic heterocycles. The first-order valence-corrected chi connectivity index (χ1v) is 11.5. The zero-order valence-electron chi connectivity index (χ0n) is 17.3. The molecule has 0 saturated carbocycles. The minimum Gasteiger partial charge on any atom is -0.488 e. The van der Waals surface area contributed by atoms with Gasteiger partial charge in [-0.05, 0) is 57.7 Å². The van der Waals surface area contributed by atoms with Crippen molar-refractivity contribution in [3.63, 3.8) is 0 Å². The fourth-order valence-electron chi connectivity index (χ4n) is 4.67. The Balaban J connectivity index is 1.35. The van der Waals surface area contributed by atoms with Crippen LogP contribution in [0.1, 0.15) is 24.0 Å². The number of benzene rings is 4. The number of halogens is 2. The van der Waals surface area contributed by atoms with Gasteiger partial charge in [-0.15, -0.1) is 0 Å². The van der Waals surface area contributed by atoms with E-state index in [2.05, 4.69) is 36.4 Å². The van der Waals surface area contributed by atoms with Gasteiger partial charge in [-0.25, -0.2) is 0 Å². The highest BCUT2D eigenvalue weighted by Crippen LogP contribution is 2.44. The first-order valence-electron chi connectivity index (χ1n) is 10.8. The molecule has 0 bridgehead atoms. The largest absolute Gasteiger partial charge is 0.488 e. The molecule has 0 aliphatic carbocycles. The van der Waals surface area contributed by atoms with Crippen LogP contribution in [0, 0.1) is 0 Å². The van der Waals surface area contributed by atoms with Crippen molar-refractivity contribution >= 4 is 54.8 Å². The van der Waals surface area contributed by atoms with Gasteiger partial charge in [-0.2, -0.15) is 0 Å². The summed E-state index contributed by atoms with van der Waals surface area (Å²) in [5.41, 5.74) is 4.16. The van der Waals surface area contributed by atoms with Gasteiger partial charge in [-0.1, -0.05) is 83.9 Å². The molecule has 32 heavy (non-hydrogen) atoms. The summed E-state index contributed by atoms with van der Waals surface area (Å²) in [5.74, 6) is 1.69. The summed E-state index contributed by atoms with van der Waals surface area (Å²) in [5, 5.41) is 6.13. The molecule has 4 aromatic carbocycles. The van der Waals surface area contributed by atoms with Crippen LogP contribution in [0.2, 0.25) is 0 Å². The Morgan fingerprint density at radius 2 is 1.00 bits per heavy atom. The van der Waals surface area contributed by atoms with Crippen LogP contribution in [-0.4, -0.2) is 13.2 Å². The quantitative estimate of drug-likeness (QED) is 0.308. The molecule has 0 N–H and O–H groups in total. The Morgan fingerprint density at radius 3 is 1.47 bits per heavy atom. The highest BCUT2D eigenvalue weighted by atomic mass is 35.5. The molecule has 4 aromatic rings. The maximum absolute atomic E-state index is 6.92. The fourth-order valence-corrected chi connectivity index (χ4v) is 5.36. The summed E-state index contributed by atoms with van der Waals surface area (Å²) in [7, 11) is 0. The number of hydrogen-bond acceptors (Lipinski definition) is 2. The number of ether oxygens (including phenoxy) is 2. The third kappa shape index (κ3) is 3.18. The average Bonchev–Trinajstić information content (AvgIpc) is 2.84. The Labute approximate surface area is 196 Å². The van der Waals surface area contributed by atoms with Crippen LogP contribution < -0.4 is 9.47 Å². The zero-order chi connectivity index (χ0) is 21.7. The van der Waals surface area contributed by atoms with Gasteiger partial charge in [0.2, 0.25) is 0 Å². The molecule has 0 fully saturated rings. The summed E-state index contributed by atoms with van der Waals surface area (Å²) in [6, 6.07) is 24.7. The van der Waals surface area contributed by atoms with Crippen molar-refractivity contribution in [2.45, 2.75) is 12.8 Å². The lowest BCUT2D eigenvalue weighted by Gasteiger charge is -2.25. The fraction of sp³-hybridized carbons (Fsp3) is 0.143. The summed E-state index contributed by atoms with van der Waals surface area (Å²) < 4.78 is 12.1. The lowest BCUT2D eigenvalue weighted by molar-refractivity contribution is 0.334. The van der Waals surface area contributed by atoms with E-state index in [-0.39, 0.29) is 0 Å². The van der Waals surface area contributed by atoms with Crippen LogP contribution in [0.3, 0.4) is 0 Å². The molecular formula is C28H20Cl2O2. The SMILES string of the molecule is ClC1=C(CCC2=C(Cl)c3c(ccc4ccccc34)OC2)COc2ccc3ccccc3c21. The van der Waals surface area contributed by atoms with Gasteiger partial charge in [0.05, 0.1) is 10.1 Å². The average molecular weight is 459 g/mol. The molecule has 0 amide bonds. The maximum atomic E-state index is 6.92. The molecule has 2 aliphatic rings. The lowest BCUT2D eigenvalue weighted by atomic mass is 9.94. The van der Waals surface area contributed by atoms with Gasteiger partial charge < -0.3 is 9.47 Å². The van der Waals surface area contributed by atoms with E-state index < -0.39 is 0 Å². The molecule has 0 atom stereocenters. The Hall–Kier alpha value is -2.94. The molecule has 0 saturated heterocycles. The third-order valence-corrected chi connectivity index (χ3v) is 7.29. The van der Waals surface area contributed by atoms with Crippen LogP contribution in [0.5, 0.6) is 11.5 Å². The molecule has 2 nitrogen and oxygen atoms in total. The molecule has 2 heterocycles. The van der Waals surface area contributed by atoms with E-state index in [9.17, 15) is 0 Å². The number of fused-ring (bicyclic) bond motifs is 6. The van der Waals surface area contributed by atoms with Crippen molar-refractivity contribution < 1.29 is 9.47 Å².